The lowest BCUT2D eigenvalue weighted by Gasteiger charge is -2.07. The number of sulfonamides is 1. The molecule has 10 heteroatoms. The van der Waals surface area contributed by atoms with Crippen molar-refractivity contribution < 1.29 is 22.0 Å². The maximum absolute atomic E-state index is 13.1. The fourth-order valence-corrected chi connectivity index (χ4v) is 3.28. The molecule has 0 fully saturated rings. The molecule has 0 radical (unpaired) electrons. The minimum atomic E-state index is -4.05. The van der Waals surface area contributed by atoms with Gasteiger partial charge in [-0.25, -0.2) is 26.9 Å². The number of imidazole rings is 1. The first kappa shape index (κ1) is 18.0. The van der Waals surface area contributed by atoms with Gasteiger partial charge in [0.2, 0.25) is 21.9 Å². The Bertz CT molecular complexity index is 1030. The van der Waals surface area contributed by atoms with Crippen molar-refractivity contribution in [2.45, 2.75) is 11.3 Å². The Morgan fingerprint density at radius 3 is 2.62 bits per heavy atom. The molecule has 2 aromatic carbocycles. The van der Waals surface area contributed by atoms with Gasteiger partial charge in [-0.1, -0.05) is 12.1 Å². The zero-order valence-electron chi connectivity index (χ0n) is 13.3. The van der Waals surface area contributed by atoms with Crippen LogP contribution >= 0.6 is 0 Å². The van der Waals surface area contributed by atoms with Gasteiger partial charge in [-0.2, -0.15) is 0 Å². The van der Waals surface area contributed by atoms with Gasteiger partial charge in [0.25, 0.3) is 0 Å². The van der Waals surface area contributed by atoms with Crippen molar-refractivity contribution in [1.29, 1.82) is 0 Å². The number of rotatable bonds is 6. The van der Waals surface area contributed by atoms with Crippen molar-refractivity contribution in [3.63, 3.8) is 0 Å². The average Bonchev–Trinajstić information content (AvgIpc) is 2.99. The minimum Gasteiger partial charge on any atom is -0.324 e. The Morgan fingerprint density at radius 2 is 1.88 bits per heavy atom. The summed E-state index contributed by atoms with van der Waals surface area (Å²) in [6.45, 7) is -0.215. The number of hydrogen-bond donors (Lipinski definition) is 3. The van der Waals surface area contributed by atoms with Crippen LogP contribution in [-0.4, -0.2) is 30.8 Å². The second-order valence-corrected chi connectivity index (χ2v) is 7.14. The van der Waals surface area contributed by atoms with E-state index < -0.39 is 32.5 Å². The van der Waals surface area contributed by atoms with Crippen LogP contribution in [0.5, 0.6) is 0 Å². The second kappa shape index (κ2) is 7.18. The molecule has 1 heterocycles. The zero-order chi connectivity index (χ0) is 18.7. The summed E-state index contributed by atoms with van der Waals surface area (Å²) in [6.07, 6.45) is -0.167. The van der Waals surface area contributed by atoms with Crippen molar-refractivity contribution in [2.75, 3.05) is 11.9 Å². The van der Waals surface area contributed by atoms with Gasteiger partial charge < -0.3 is 4.98 Å². The van der Waals surface area contributed by atoms with Crippen molar-refractivity contribution in [3.8, 4) is 0 Å². The number of para-hydroxylation sites is 2. The van der Waals surface area contributed by atoms with Crippen LogP contribution in [0.3, 0.4) is 0 Å². The molecule has 7 nitrogen and oxygen atoms in total. The van der Waals surface area contributed by atoms with Crippen LogP contribution < -0.4 is 10.0 Å². The average molecular weight is 380 g/mol. The number of carbonyl (C=O) groups excluding carboxylic acids is 1. The van der Waals surface area contributed by atoms with E-state index in [1.807, 2.05) is 12.1 Å². The molecule has 1 aromatic heterocycles. The number of nitrogens with one attached hydrogen (secondary N) is 3. The number of aromatic amines is 1. The third kappa shape index (κ3) is 4.03. The van der Waals surface area contributed by atoms with Gasteiger partial charge in [-0.3, -0.25) is 10.1 Å². The normalized spacial score (nSPS) is 11.6. The van der Waals surface area contributed by atoms with Crippen molar-refractivity contribution >= 4 is 32.9 Å². The summed E-state index contributed by atoms with van der Waals surface area (Å²) in [5, 5.41) is 2.52. The summed E-state index contributed by atoms with van der Waals surface area (Å²) in [6, 6.07) is 9.44. The summed E-state index contributed by atoms with van der Waals surface area (Å²) in [7, 11) is -4.05. The lowest BCUT2D eigenvalue weighted by molar-refractivity contribution is -0.116. The van der Waals surface area contributed by atoms with E-state index in [1.54, 1.807) is 12.1 Å². The third-order valence-corrected chi connectivity index (χ3v) is 4.95. The van der Waals surface area contributed by atoms with E-state index in [0.717, 1.165) is 17.6 Å². The fraction of sp³-hybridized carbons (Fsp3) is 0.125. The van der Waals surface area contributed by atoms with Crippen molar-refractivity contribution in [1.82, 2.24) is 14.7 Å². The molecule has 1 amide bonds. The van der Waals surface area contributed by atoms with Crippen LogP contribution in [0.15, 0.2) is 47.4 Å². The van der Waals surface area contributed by atoms with Crippen LogP contribution in [0.25, 0.3) is 11.0 Å². The highest BCUT2D eigenvalue weighted by molar-refractivity contribution is 7.89. The van der Waals surface area contributed by atoms with Gasteiger partial charge in [0.05, 0.1) is 15.9 Å². The molecule has 0 bridgehead atoms. The van der Waals surface area contributed by atoms with E-state index in [-0.39, 0.29) is 18.9 Å². The molecule has 0 atom stereocenters. The quantitative estimate of drug-likeness (QED) is 0.609. The van der Waals surface area contributed by atoms with Crippen LogP contribution in [-0.2, 0) is 14.8 Å². The lowest BCUT2D eigenvalue weighted by atomic mass is 10.3. The first-order chi connectivity index (χ1) is 12.3. The van der Waals surface area contributed by atoms with E-state index in [9.17, 15) is 22.0 Å². The Kier molecular flexibility index (Phi) is 4.96. The standard InChI is InChI=1S/C16H14F2N4O3S/c17-11-6-5-10(9-12(11)18)26(24,25)19-8-7-15(23)22-16-20-13-3-1-2-4-14(13)21-16/h1-6,9,19H,7-8H2,(H2,20,21,22,23). The second-order valence-electron chi connectivity index (χ2n) is 5.37. The van der Waals surface area contributed by atoms with Crippen LogP contribution in [0.4, 0.5) is 14.7 Å². The molecular formula is C16H14F2N4O3S. The first-order valence-electron chi connectivity index (χ1n) is 7.54. The summed E-state index contributed by atoms with van der Waals surface area (Å²) >= 11 is 0. The molecule has 0 aliphatic rings. The lowest BCUT2D eigenvalue weighted by Crippen LogP contribution is -2.28. The van der Waals surface area contributed by atoms with E-state index in [4.69, 9.17) is 0 Å². The number of anilines is 1. The number of nitrogens with zero attached hydrogens (tertiary/aromatic N) is 1. The molecule has 0 saturated carbocycles. The Balaban J connectivity index is 1.56. The maximum atomic E-state index is 13.1. The Morgan fingerprint density at radius 1 is 1.12 bits per heavy atom. The summed E-state index contributed by atoms with van der Waals surface area (Å²) < 4.78 is 52.2. The highest BCUT2D eigenvalue weighted by Crippen LogP contribution is 2.14. The maximum Gasteiger partial charge on any atom is 0.240 e. The number of halogens is 2. The van der Waals surface area contributed by atoms with Gasteiger partial charge in [0, 0.05) is 13.0 Å². The molecule has 26 heavy (non-hydrogen) atoms. The fourth-order valence-electron chi connectivity index (χ4n) is 2.23. The van der Waals surface area contributed by atoms with Gasteiger partial charge in [0.15, 0.2) is 11.6 Å². The first-order valence-corrected chi connectivity index (χ1v) is 9.03. The molecule has 3 aromatic rings. The van der Waals surface area contributed by atoms with Gasteiger partial charge in [-0.15, -0.1) is 0 Å². The predicted molar refractivity (Wildman–Crippen MR) is 90.9 cm³/mol. The zero-order valence-corrected chi connectivity index (χ0v) is 14.1. The molecule has 0 spiro atoms. The molecule has 0 aliphatic heterocycles. The van der Waals surface area contributed by atoms with Gasteiger partial charge >= 0.3 is 0 Å². The summed E-state index contributed by atoms with van der Waals surface area (Å²) in [5.41, 5.74) is 1.43. The molecule has 3 N–H and O–H groups in total. The number of carbonyl (C=O) groups is 1. The number of fused-ring (bicyclic) bond motifs is 1. The summed E-state index contributed by atoms with van der Waals surface area (Å²) in [4.78, 5) is 18.6. The molecular weight excluding hydrogens is 366 g/mol. The van der Waals surface area contributed by atoms with Crippen LogP contribution in [0, 0.1) is 11.6 Å². The molecule has 0 aliphatic carbocycles. The monoisotopic (exact) mass is 380 g/mol. The van der Waals surface area contributed by atoms with Gasteiger partial charge in [-0.05, 0) is 30.3 Å². The largest absolute Gasteiger partial charge is 0.324 e. The smallest absolute Gasteiger partial charge is 0.240 e. The SMILES string of the molecule is O=C(CCNS(=O)(=O)c1ccc(F)c(F)c1)Nc1nc2ccccc2[nH]1. The van der Waals surface area contributed by atoms with Crippen molar-refractivity contribution in [2.24, 2.45) is 0 Å². The highest BCUT2D eigenvalue weighted by atomic mass is 32.2. The van der Waals surface area contributed by atoms with Crippen LogP contribution in [0.1, 0.15) is 6.42 Å². The van der Waals surface area contributed by atoms with Crippen LogP contribution in [0.2, 0.25) is 0 Å². The molecule has 3 rings (SSSR count). The number of H-pyrrole nitrogens is 1. The Hall–Kier alpha value is -2.85. The van der Waals surface area contributed by atoms with Crippen molar-refractivity contribution in [3.05, 3.63) is 54.1 Å². The topological polar surface area (TPSA) is 104 Å². The molecule has 0 unspecified atom stereocenters. The highest BCUT2D eigenvalue weighted by Gasteiger charge is 2.17. The minimum absolute atomic E-state index is 0.167. The number of benzene rings is 2. The summed E-state index contributed by atoms with van der Waals surface area (Å²) in [5.74, 6) is -2.62. The van der Waals surface area contributed by atoms with Gasteiger partial charge in [0.1, 0.15) is 0 Å². The number of hydrogen-bond acceptors (Lipinski definition) is 4. The predicted octanol–water partition coefficient (Wildman–Crippen LogP) is 2.15. The van der Waals surface area contributed by atoms with E-state index >= 15 is 0 Å². The van der Waals surface area contributed by atoms with E-state index in [2.05, 4.69) is 20.0 Å². The third-order valence-electron chi connectivity index (χ3n) is 3.49. The van der Waals surface area contributed by atoms with E-state index in [0.29, 0.717) is 11.6 Å². The number of aromatic nitrogens is 2. The molecule has 0 saturated heterocycles. The molecule has 136 valence electrons. The Labute approximate surface area is 147 Å². The van der Waals surface area contributed by atoms with E-state index in [1.165, 1.54) is 0 Å². The number of amides is 1.